The minimum Gasteiger partial charge on any atom is -0.316 e. The lowest BCUT2D eigenvalue weighted by Crippen LogP contribution is -2.18. The van der Waals surface area contributed by atoms with Gasteiger partial charge in [-0.15, -0.1) is 0 Å². The molecule has 0 saturated carbocycles. The Balaban J connectivity index is 2.41. The molecule has 21 heavy (non-hydrogen) atoms. The minimum absolute atomic E-state index is 0.172. The normalized spacial score (nSPS) is 11.6. The van der Waals surface area contributed by atoms with E-state index < -0.39 is 15.8 Å². The molecule has 9 heteroatoms. The van der Waals surface area contributed by atoms with Crippen molar-refractivity contribution in [1.82, 2.24) is 15.5 Å². The number of anilines is 1. The predicted octanol–water partition coefficient (Wildman–Crippen LogP) is 2.03. The Labute approximate surface area is 126 Å². The third-order valence-electron chi connectivity index (χ3n) is 2.82. The van der Waals surface area contributed by atoms with Crippen molar-refractivity contribution in [1.29, 1.82) is 0 Å². The summed E-state index contributed by atoms with van der Waals surface area (Å²) in [5.74, 6) is -0.717. The number of aromatic nitrogens is 2. The lowest BCUT2D eigenvalue weighted by Gasteiger charge is -2.09. The number of aryl methyl sites for hydroxylation is 1. The molecule has 3 N–H and O–H groups in total. The summed E-state index contributed by atoms with van der Waals surface area (Å²) in [4.78, 5) is 0. The first-order valence-corrected chi connectivity index (χ1v) is 7.87. The average molecular weight is 333 g/mol. The molecule has 0 bridgehead atoms. The van der Waals surface area contributed by atoms with Gasteiger partial charge < -0.3 is 5.32 Å². The van der Waals surface area contributed by atoms with E-state index in [1.54, 1.807) is 14.0 Å². The number of halogens is 2. The summed E-state index contributed by atoms with van der Waals surface area (Å²) in [5.41, 5.74) is 0.891. The van der Waals surface area contributed by atoms with E-state index in [9.17, 15) is 12.8 Å². The van der Waals surface area contributed by atoms with Crippen molar-refractivity contribution in [3.05, 3.63) is 40.3 Å². The molecule has 114 valence electrons. The molecule has 0 amide bonds. The maximum atomic E-state index is 13.6. The van der Waals surface area contributed by atoms with Crippen molar-refractivity contribution in [2.45, 2.75) is 18.5 Å². The van der Waals surface area contributed by atoms with Gasteiger partial charge in [0.1, 0.15) is 5.82 Å². The molecule has 0 aliphatic carbocycles. The minimum atomic E-state index is -4.02. The highest BCUT2D eigenvalue weighted by Crippen LogP contribution is 2.24. The summed E-state index contributed by atoms with van der Waals surface area (Å²) in [7, 11) is -2.33. The molecule has 0 aliphatic heterocycles. The van der Waals surface area contributed by atoms with Gasteiger partial charge >= 0.3 is 0 Å². The molecule has 0 radical (unpaired) electrons. The third kappa shape index (κ3) is 3.34. The van der Waals surface area contributed by atoms with E-state index in [0.29, 0.717) is 17.8 Å². The number of nitrogens with one attached hydrogen (secondary N) is 3. The molecular weight excluding hydrogens is 319 g/mol. The maximum absolute atomic E-state index is 13.6. The number of aromatic amines is 1. The quantitative estimate of drug-likeness (QED) is 0.782. The zero-order chi connectivity index (χ0) is 15.6. The summed E-state index contributed by atoms with van der Waals surface area (Å²) in [6.45, 7) is 2.02. The van der Waals surface area contributed by atoms with Crippen molar-refractivity contribution in [3.63, 3.8) is 0 Å². The molecule has 0 saturated heterocycles. The highest BCUT2D eigenvalue weighted by atomic mass is 35.5. The molecule has 1 heterocycles. The first-order chi connectivity index (χ1) is 9.85. The van der Waals surface area contributed by atoms with Crippen LogP contribution in [0.2, 0.25) is 5.02 Å². The topological polar surface area (TPSA) is 86.9 Å². The van der Waals surface area contributed by atoms with Crippen molar-refractivity contribution in [3.8, 4) is 0 Å². The van der Waals surface area contributed by atoms with Crippen LogP contribution < -0.4 is 10.0 Å². The third-order valence-corrected chi connectivity index (χ3v) is 4.39. The van der Waals surface area contributed by atoms with Gasteiger partial charge in [-0.3, -0.25) is 9.82 Å². The standard InChI is InChI=1S/C12H14ClFN4O2S/c1-7-9(6-15-2)12(17-16-7)21(19,20)18-11-5-8(13)3-4-10(11)14/h3-5,15,18H,6H2,1-2H3,(H,16,17). The van der Waals surface area contributed by atoms with Crippen molar-refractivity contribution < 1.29 is 12.8 Å². The van der Waals surface area contributed by atoms with E-state index in [-0.39, 0.29) is 15.7 Å². The van der Waals surface area contributed by atoms with Gasteiger partial charge in [-0.25, -0.2) is 4.39 Å². The fraction of sp³-hybridized carbons (Fsp3) is 0.250. The number of sulfonamides is 1. The van der Waals surface area contributed by atoms with Crippen LogP contribution in [0.4, 0.5) is 10.1 Å². The highest BCUT2D eigenvalue weighted by molar-refractivity contribution is 7.92. The second kappa shape index (κ2) is 6.00. The van der Waals surface area contributed by atoms with E-state index in [2.05, 4.69) is 20.2 Å². The molecule has 1 aromatic carbocycles. The molecule has 2 rings (SSSR count). The molecule has 6 nitrogen and oxygen atoms in total. The Morgan fingerprint density at radius 1 is 1.43 bits per heavy atom. The number of benzene rings is 1. The van der Waals surface area contributed by atoms with E-state index >= 15 is 0 Å². The molecule has 0 spiro atoms. The van der Waals surface area contributed by atoms with Gasteiger partial charge in [-0.05, 0) is 32.2 Å². The van der Waals surface area contributed by atoms with Crippen LogP contribution in [0.1, 0.15) is 11.3 Å². The van der Waals surface area contributed by atoms with Gasteiger partial charge in [-0.2, -0.15) is 13.5 Å². The number of nitrogens with zero attached hydrogens (tertiary/aromatic N) is 1. The fourth-order valence-electron chi connectivity index (χ4n) is 1.81. The Morgan fingerprint density at radius 3 is 2.81 bits per heavy atom. The van der Waals surface area contributed by atoms with Crippen LogP contribution in [-0.4, -0.2) is 25.7 Å². The SMILES string of the molecule is CNCc1c(S(=O)(=O)Nc2cc(Cl)ccc2F)n[nH]c1C. The Hall–Kier alpha value is -1.64. The zero-order valence-electron chi connectivity index (χ0n) is 11.4. The number of H-pyrrole nitrogens is 1. The smallest absolute Gasteiger partial charge is 0.281 e. The molecule has 2 aromatic rings. The first-order valence-electron chi connectivity index (χ1n) is 6.01. The fourth-order valence-corrected chi connectivity index (χ4v) is 3.24. The van der Waals surface area contributed by atoms with Crippen LogP contribution >= 0.6 is 11.6 Å². The Morgan fingerprint density at radius 2 is 2.14 bits per heavy atom. The second-order valence-electron chi connectivity index (χ2n) is 4.39. The lowest BCUT2D eigenvalue weighted by atomic mass is 10.3. The monoisotopic (exact) mass is 332 g/mol. The summed E-state index contributed by atoms with van der Waals surface area (Å²) in [5, 5.41) is 9.31. The van der Waals surface area contributed by atoms with Gasteiger partial charge in [0.15, 0.2) is 0 Å². The van der Waals surface area contributed by atoms with Crippen molar-refractivity contribution in [2.75, 3.05) is 11.8 Å². The predicted molar refractivity (Wildman–Crippen MR) is 78.3 cm³/mol. The van der Waals surface area contributed by atoms with Crippen LogP contribution in [0, 0.1) is 12.7 Å². The van der Waals surface area contributed by atoms with E-state index in [1.165, 1.54) is 12.1 Å². The molecule has 0 fully saturated rings. The van der Waals surface area contributed by atoms with Crippen molar-refractivity contribution >= 4 is 27.3 Å². The molecule has 0 atom stereocenters. The van der Waals surface area contributed by atoms with Gasteiger partial charge in [-0.1, -0.05) is 11.6 Å². The van der Waals surface area contributed by atoms with E-state index in [1.807, 2.05) is 0 Å². The Bertz CT molecular complexity index is 761. The number of hydrogen-bond donors (Lipinski definition) is 3. The summed E-state index contributed by atoms with van der Waals surface area (Å²) >= 11 is 5.74. The van der Waals surface area contributed by atoms with E-state index in [4.69, 9.17) is 11.6 Å². The second-order valence-corrected chi connectivity index (χ2v) is 6.43. The number of hydrogen-bond acceptors (Lipinski definition) is 4. The summed E-state index contributed by atoms with van der Waals surface area (Å²) < 4.78 is 40.5. The van der Waals surface area contributed by atoms with Crippen LogP contribution in [0.15, 0.2) is 23.2 Å². The summed E-state index contributed by atoms with van der Waals surface area (Å²) in [6.07, 6.45) is 0. The lowest BCUT2D eigenvalue weighted by molar-refractivity contribution is 0.592. The largest absolute Gasteiger partial charge is 0.316 e. The van der Waals surface area contributed by atoms with Crippen LogP contribution in [0.25, 0.3) is 0 Å². The molecule has 0 aliphatic rings. The van der Waals surface area contributed by atoms with Crippen molar-refractivity contribution in [2.24, 2.45) is 0 Å². The zero-order valence-corrected chi connectivity index (χ0v) is 12.9. The first kappa shape index (κ1) is 15.7. The molecular formula is C12H14ClFN4O2S. The van der Waals surface area contributed by atoms with Gasteiger partial charge in [0, 0.05) is 22.8 Å². The maximum Gasteiger partial charge on any atom is 0.281 e. The Kier molecular flexibility index (Phi) is 4.50. The number of rotatable bonds is 5. The van der Waals surface area contributed by atoms with E-state index in [0.717, 1.165) is 6.07 Å². The van der Waals surface area contributed by atoms with Crippen LogP contribution in [0.3, 0.4) is 0 Å². The van der Waals surface area contributed by atoms with Gasteiger partial charge in [0.2, 0.25) is 5.03 Å². The van der Waals surface area contributed by atoms with Crippen LogP contribution in [-0.2, 0) is 16.6 Å². The summed E-state index contributed by atoms with van der Waals surface area (Å²) in [6, 6.07) is 3.62. The molecule has 1 aromatic heterocycles. The van der Waals surface area contributed by atoms with Gasteiger partial charge in [0.25, 0.3) is 10.0 Å². The average Bonchev–Trinajstić information content (AvgIpc) is 2.77. The van der Waals surface area contributed by atoms with Crippen LogP contribution in [0.5, 0.6) is 0 Å². The molecule has 0 unspecified atom stereocenters. The highest BCUT2D eigenvalue weighted by Gasteiger charge is 2.24. The van der Waals surface area contributed by atoms with Gasteiger partial charge in [0.05, 0.1) is 5.69 Å².